The lowest BCUT2D eigenvalue weighted by Crippen LogP contribution is -2.33. The summed E-state index contributed by atoms with van der Waals surface area (Å²) in [6.07, 6.45) is 3.08. The third-order valence-corrected chi connectivity index (χ3v) is 5.19. The molecule has 2 rings (SSSR count). The summed E-state index contributed by atoms with van der Waals surface area (Å²) in [5.74, 6) is -0.483. The first-order valence-corrected chi connectivity index (χ1v) is 9.42. The van der Waals surface area contributed by atoms with E-state index in [1.165, 1.54) is 41.8 Å². The van der Waals surface area contributed by atoms with Crippen LogP contribution in [0.4, 0.5) is 10.8 Å². The molecule has 3 N–H and O–H groups in total. The number of sulfonamides is 1. The van der Waals surface area contributed by atoms with Gasteiger partial charge in [0.15, 0.2) is 10.1 Å². The lowest BCUT2D eigenvalue weighted by molar-refractivity contribution is -0.110. The minimum atomic E-state index is -3.72. The predicted octanol–water partition coefficient (Wildman–Crippen LogP) is 1.99. The summed E-state index contributed by atoms with van der Waals surface area (Å²) < 4.78 is 26.7. The molecule has 0 fully saturated rings. The topological polar surface area (TPSA) is 100 Å². The first kappa shape index (κ1) is 18.0. The van der Waals surface area contributed by atoms with Gasteiger partial charge in [0.1, 0.15) is 0 Å². The average molecular weight is 382 g/mol. The van der Waals surface area contributed by atoms with Gasteiger partial charge in [-0.1, -0.05) is 18.3 Å². The number of amides is 1. The van der Waals surface area contributed by atoms with E-state index in [1.807, 2.05) is 0 Å². The van der Waals surface area contributed by atoms with Gasteiger partial charge in [0.2, 0.25) is 0 Å². The average Bonchev–Trinajstić information content (AvgIpc) is 3.05. The summed E-state index contributed by atoms with van der Waals surface area (Å²) in [5, 5.41) is 7.22. The highest BCUT2D eigenvalue weighted by molar-refractivity contribution is 7.93. The fourth-order valence-electron chi connectivity index (χ4n) is 1.60. The maximum absolute atomic E-state index is 12.2. The number of benzene rings is 1. The number of rotatable bonds is 6. The molecule has 0 saturated carbocycles. The molecule has 2 aromatic rings. The number of aromatic nitrogens is 1. The Labute approximate surface area is 148 Å². The van der Waals surface area contributed by atoms with Crippen molar-refractivity contribution in [3.05, 3.63) is 48.5 Å². The largest absolute Gasteiger partial charge is 0.368 e. The number of carbonyl (C=O) groups excluding carboxylic acids is 1. The van der Waals surface area contributed by atoms with Crippen molar-refractivity contribution in [1.29, 1.82) is 0 Å². The number of hydrogen-bond acceptors (Lipinski definition) is 6. The number of hydrogen-bond donors (Lipinski definition) is 3. The lowest BCUT2D eigenvalue weighted by atomic mass is 10.3. The lowest BCUT2D eigenvalue weighted by Gasteiger charge is -2.09. The van der Waals surface area contributed by atoms with Gasteiger partial charge in [-0.25, -0.2) is 13.4 Å². The second-order valence-electron chi connectivity index (χ2n) is 4.42. The van der Waals surface area contributed by atoms with E-state index < -0.39 is 15.9 Å². The van der Waals surface area contributed by atoms with E-state index in [9.17, 15) is 13.2 Å². The smallest absolute Gasteiger partial charge is 0.283 e. The predicted molar refractivity (Wildman–Crippen MR) is 98.8 cm³/mol. The number of thiocarbonyl (C=S) groups is 1. The molecule has 0 unspecified atom stereocenters. The van der Waals surface area contributed by atoms with Gasteiger partial charge in [-0.05, 0) is 24.3 Å². The molecule has 7 nitrogen and oxygen atoms in total. The van der Waals surface area contributed by atoms with E-state index >= 15 is 0 Å². The van der Waals surface area contributed by atoms with Crippen LogP contribution in [-0.4, -0.2) is 30.8 Å². The summed E-state index contributed by atoms with van der Waals surface area (Å²) in [6.45, 7) is 3.90. The van der Waals surface area contributed by atoms with Crippen molar-refractivity contribution in [2.75, 3.05) is 16.6 Å². The van der Waals surface area contributed by atoms with Crippen LogP contribution >= 0.6 is 23.6 Å². The molecule has 0 aliphatic carbocycles. The van der Waals surface area contributed by atoms with Crippen LogP contribution in [0.15, 0.2) is 53.4 Å². The molecular weight excluding hydrogens is 368 g/mol. The van der Waals surface area contributed by atoms with Crippen molar-refractivity contribution >= 4 is 55.3 Å². The van der Waals surface area contributed by atoms with Crippen molar-refractivity contribution in [3.8, 4) is 0 Å². The number of carbonyl (C=O) groups is 1. The molecule has 24 heavy (non-hydrogen) atoms. The van der Waals surface area contributed by atoms with Gasteiger partial charge in [0.05, 0.1) is 4.90 Å². The zero-order valence-corrected chi connectivity index (χ0v) is 14.8. The number of anilines is 2. The fraction of sp³-hybridized carbons (Fsp3) is 0.0714. The van der Waals surface area contributed by atoms with Gasteiger partial charge < -0.3 is 10.6 Å². The van der Waals surface area contributed by atoms with Gasteiger partial charge >= 0.3 is 0 Å². The summed E-state index contributed by atoms with van der Waals surface area (Å²) in [6, 6.07) is 5.71. The fourth-order valence-corrected chi connectivity index (χ4v) is 3.52. The van der Waals surface area contributed by atoms with E-state index in [2.05, 4.69) is 26.9 Å². The van der Waals surface area contributed by atoms with Crippen molar-refractivity contribution < 1.29 is 13.2 Å². The normalized spacial score (nSPS) is 10.7. The van der Waals surface area contributed by atoms with Crippen LogP contribution in [0.2, 0.25) is 0 Å². The Morgan fingerprint density at radius 3 is 2.62 bits per heavy atom. The Bertz CT molecular complexity index is 831. The molecule has 0 radical (unpaired) electrons. The monoisotopic (exact) mass is 382 g/mol. The maximum Gasteiger partial charge on any atom is 0.283 e. The molecular formula is C14H14N4O3S3. The minimum absolute atomic E-state index is 0.0250. The van der Waals surface area contributed by atoms with Gasteiger partial charge in [-0.2, -0.15) is 0 Å². The van der Waals surface area contributed by atoms with E-state index in [4.69, 9.17) is 12.2 Å². The number of thiazole rings is 1. The van der Waals surface area contributed by atoms with Crippen molar-refractivity contribution in [3.63, 3.8) is 0 Å². The van der Waals surface area contributed by atoms with Crippen LogP contribution in [0, 0.1) is 0 Å². The third kappa shape index (κ3) is 4.85. The van der Waals surface area contributed by atoms with Crippen LogP contribution < -0.4 is 15.4 Å². The second kappa shape index (κ2) is 7.99. The molecule has 0 saturated heterocycles. The number of nitrogens with zero attached hydrogens (tertiary/aromatic N) is 1. The molecule has 1 aromatic carbocycles. The van der Waals surface area contributed by atoms with Gasteiger partial charge in [-0.3, -0.25) is 9.52 Å². The molecule has 0 spiro atoms. The molecule has 1 aromatic heterocycles. The van der Waals surface area contributed by atoms with Crippen molar-refractivity contribution in [2.45, 2.75) is 4.90 Å². The maximum atomic E-state index is 12.2. The molecule has 126 valence electrons. The van der Waals surface area contributed by atoms with Gasteiger partial charge in [0, 0.05) is 23.8 Å². The van der Waals surface area contributed by atoms with Crippen molar-refractivity contribution in [2.24, 2.45) is 0 Å². The standard InChI is InChI=1S/C14H14N4O3S3/c1-2-7-15-13(22)12(19)17-10-3-5-11(6-4-10)24(20,21)18-14-16-8-9-23-14/h2-6,8-9H,1,7H2,(H,15,22)(H,16,18)(H,17,19). The number of nitrogens with one attached hydrogen (secondary N) is 3. The summed E-state index contributed by atoms with van der Waals surface area (Å²) >= 11 is 6.09. The first-order valence-electron chi connectivity index (χ1n) is 6.65. The van der Waals surface area contributed by atoms with Crippen LogP contribution in [-0.2, 0) is 14.8 Å². The Hall–Kier alpha value is -2.30. The molecule has 0 atom stereocenters. The van der Waals surface area contributed by atoms with Crippen LogP contribution in [0.25, 0.3) is 0 Å². The summed E-state index contributed by atoms with van der Waals surface area (Å²) in [4.78, 5) is 15.8. The van der Waals surface area contributed by atoms with E-state index in [-0.39, 0.29) is 15.0 Å². The van der Waals surface area contributed by atoms with E-state index in [0.29, 0.717) is 12.2 Å². The Kier molecular flexibility index (Phi) is 6.01. The highest BCUT2D eigenvalue weighted by Gasteiger charge is 2.16. The van der Waals surface area contributed by atoms with E-state index in [0.717, 1.165) is 0 Å². The Balaban J connectivity index is 2.03. The Morgan fingerprint density at radius 2 is 2.04 bits per heavy atom. The molecule has 1 heterocycles. The second-order valence-corrected chi connectivity index (χ2v) is 7.41. The van der Waals surface area contributed by atoms with Gasteiger partial charge in [-0.15, -0.1) is 17.9 Å². The highest BCUT2D eigenvalue weighted by Crippen LogP contribution is 2.19. The highest BCUT2D eigenvalue weighted by atomic mass is 32.2. The van der Waals surface area contributed by atoms with Crippen LogP contribution in [0.1, 0.15) is 0 Å². The third-order valence-electron chi connectivity index (χ3n) is 2.69. The van der Waals surface area contributed by atoms with Crippen molar-refractivity contribution in [1.82, 2.24) is 10.3 Å². The molecule has 0 bridgehead atoms. The molecule has 1 amide bonds. The quantitative estimate of drug-likeness (QED) is 0.522. The molecule has 0 aliphatic heterocycles. The van der Waals surface area contributed by atoms with Gasteiger partial charge in [0.25, 0.3) is 15.9 Å². The SMILES string of the molecule is C=CCNC(=S)C(=O)Nc1ccc(S(=O)(=O)Nc2nccs2)cc1. The van der Waals surface area contributed by atoms with E-state index in [1.54, 1.807) is 11.5 Å². The van der Waals surface area contributed by atoms with Crippen LogP contribution in [0.5, 0.6) is 0 Å². The molecule has 0 aliphatic rings. The molecule has 10 heteroatoms. The summed E-state index contributed by atoms with van der Waals surface area (Å²) in [5.41, 5.74) is 0.427. The van der Waals surface area contributed by atoms with Crippen LogP contribution in [0.3, 0.4) is 0 Å². The first-order chi connectivity index (χ1) is 11.4. The Morgan fingerprint density at radius 1 is 1.33 bits per heavy atom. The zero-order valence-electron chi connectivity index (χ0n) is 12.4. The zero-order chi connectivity index (χ0) is 17.6. The minimum Gasteiger partial charge on any atom is -0.368 e. The summed E-state index contributed by atoms with van der Waals surface area (Å²) in [7, 11) is -3.72.